The highest BCUT2D eigenvalue weighted by Gasteiger charge is 2.48. The Bertz CT molecular complexity index is 1390. The van der Waals surface area contributed by atoms with Gasteiger partial charge in [-0.2, -0.15) is 0 Å². The summed E-state index contributed by atoms with van der Waals surface area (Å²) in [6, 6.07) is 27.1. The zero-order chi connectivity index (χ0) is 28.8. The molecule has 0 aromatic heterocycles. The van der Waals surface area contributed by atoms with E-state index in [4.69, 9.17) is 0 Å². The molecule has 0 saturated heterocycles. The van der Waals surface area contributed by atoms with E-state index >= 15 is 0 Å². The minimum absolute atomic E-state index is 0.525. The highest BCUT2D eigenvalue weighted by atomic mass is 14.5. The van der Waals surface area contributed by atoms with Crippen LogP contribution in [0.5, 0.6) is 0 Å². The molecular formula is C43H54. The lowest BCUT2D eigenvalue weighted by Gasteiger charge is -2.52. The maximum atomic E-state index is 2.66. The summed E-state index contributed by atoms with van der Waals surface area (Å²) in [7, 11) is 0. The van der Waals surface area contributed by atoms with Crippen molar-refractivity contribution < 1.29 is 0 Å². The van der Waals surface area contributed by atoms with Crippen LogP contribution in [-0.4, -0.2) is 0 Å². The first-order valence-electron chi connectivity index (χ1n) is 18.5. The predicted octanol–water partition coefficient (Wildman–Crippen LogP) is 12.4. The van der Waals surface area contributed by atoms with Gasteiger partial charge >= 0.3 is 0 Å². The van der Waals surface area contributed by atoms with Crippen molar-refractivity contribution in [3.05, 3.63) is 94.5 Å². The number of hydrogen-bond acceptors (Lipinski definition) is 0. The van der Waals surface area contributed by atoms with E-state index in [1.54, 1.807) is 22.3 Å². The molecule has 43 heavy (non-hydrogen) atoms. The van der Waals surface area contributed by atoms with E-state index in [9.17, 15) is 0 Å². The van der Waals surface area contributed by atoms with Gasteiger partial charge in [-0.05, 0) is 127 Å². The zero-order valence-corrected chi connectivity index (χ0v) is 26.8. The number of hydrogen-bond donors (Lipinski definition) is 0. The van der Waals surface area contributed by atoms with Crippen LogP contribution >= 0.6 is 0 Å². The molecule has 7 unspecified atom stereocenters. The second kappa shape index (κ2) is 12.2. The maximum absolute atomic E-state index is 2.66. The molecule has 226 valence electrons. The molecular weight excluding hydrogens is 516 g/mol. The van der Waals surface area contributed by atoms with Crippen LogP contribution in [0.25, 0.3) is 11.1 Å². The fourth-order valence-corrected chi connectivity index (χ4v) is 11.4. The Morgan fingerprint density at radius 2 is 1.21 bits per heavy atom. The number of rotatable bonds is 4. The molecule has 0 N–H and O–H groups in total. The minimum Gasteiger partial charge on any atom is -0.0619 e. The molecule has 0 aliphatic heterocycles. The summed E-state index contributed by atoms with van der Waals surface area (Å²) in [5.74, 6) is 6.65. The van der Waals surface area contributed by atoms with Crippen molar-refractivity contribution in [3.8, 4) is 11.1 Å². The quantitative estimate of drug-likeness (QED) is 0.293. The average molecular weight is 571 g/mol. The molecule has 0 spiro atoms. The van der Waals surface area contributed by atoms with Crippen LogP contribution in [0.4, 0.5) is 0 Å². The van der Waals surface area contributed by atoms with Gasteiger partial charge in [0.25, 0.3) is 0 Å². The summed E-state index contributed by atoms with van der Waals surface area (Å²) >= 11 is 0. The van der Waals surface area contributed by atoms with Crippen LogP contribution in [0.15, 0.2) is 66.7 Å². The fraction of sp³-hybridized carbons (Fsp3) is 0.581. The third-order valence-electron chi connectivity index (χ3n) is 13.4. The standard InChI is InChI=1S/C43H54/c1-29-19-26-40-41(27-29)42(35-25-22-31-13-5-6-14-34(31)28-35)38-17-9-10-18-39(38)43(40)37-16-8-7-15-36(37)33-23-20-32(21-24-33)30-11-3-2-4-12-30/h7-8,15-16,19-21,23-24,26-27,30-31,34-35,38-39,42-43H,2-6,9-14,17-18,22,25,28H2,1H3. The van der Waals surface area contributed by atoms with Gasteiger partial charge in [0.1, 0.15) is 0 Å². The van der Waals surface area contributed by atoms with Gasteiger partial charge in [0.05, 0.1) is 0 Å². The Kier molecular flexibility index (Phi) is 8.00. The minimum atomic E-state index is 0.525. The average Bonchev–Trinajstić information content (AvgIpc) is 3.07. The summed E-state index contributed by atoms with van der Waals surface area (Å²) < 4.78 is 0. The van der Waals surface area contributed by atoms with Gasteiger partial charge in [0.15, 0.2) is 0 Å². The van der Waals surface area contributed by atoms with E-state index < -0.39 is 0 Å². The van der Waals surface area contributed by atoms with E-state index in [1.807, 2.05) is 0 Å². The summed E-state index contributed by atoms with van der Waals surface area (Å²) in [5.41, 5.74) is 11.0. The third kappa shape index (κ3) is 5.34. The lowest BCUT2D eigenvalue weighted by atomic mass is 9.52. The van der Waals surface area contributed by atoms with Crippen molar-refractivity contribution >= 4 is 0 Å². The molecule has 4 fully saturated rings. The van der Waals surface area contributed by atoms with Crippen molar-refractivity contribution in [2.45, 2.75) is 127 Å². The van der Waals surface area contributed by atoms with Crippen LogP contribution in [0.3, 0.4) is 0 Å². The molecule has 8 rings (SSSR count). The zero-order valence-electron chi connectivity index (χ0n) is 26.8. The van der Waals surface area contributed by atoms with E-state index in [0.717, 1.165) is 41.4 Å². The second-order valence-electron chi connectivity index (χ2n) is 15.7. The smallest absolute Gasteiger partial charge is 0.0129 e. The topological polar surface area (TPSA) is 0 Å². The Morgan fingerprint density at radius 1 is 0.512 bits per heavy atom. The van der Waals surface area contributed by atoms with Crippen LogP contribution in [-0.2, 0) is 0 Å². The molecule has 0 amide bonds. The Hall–Kier alpha value is -2.34. The van der Waals surface area contributed by atoms with Crippen LogP contribution in [0.2, 0.25) is 0 Å². The van der Waals surface area contributed by atoms with Gasteiger partial charge in [0.2, 0.25) is 0 Å². The fourth-order valence-electron chi connectivity index (χ4n) is 11.4. The Labute approximate surface area is 262 Å². The van der Waals surface area contributed by atoms with Crippen molar-refractivity contribution in [3.63, 3.8) is 0 Å². The highest BCUT2D eigenvalue weighted by molar-refractivity contribution is 5.70. The van der Waals surface area contributed by atoms with Crippen molar-refractivity contribution in [1.82, 2.24) is 0 Å². The predicted molar refractivity (Wildman–Crippen MR) is 182 cm³/mol. The molecule has 5 aliphatic carbocycles. The third-order valence-corrected chi connectivity index (χ3v) is 13.4. The van der Waals surface area contributed by atoms with Crippen LogP contribution in [0.1, 0.15) is 148 Å². The van der Waals surface area contributed by atoms with E-state index in [1.165, 1.54) is 119 Å². The first-order chi connectivity index (χ1) is 21.2. The second-order valence-corrected chi connectivity index (χ2v) is 15.7. The van der Waals surface area contributed by atoms with Crippen LogP contribution < -0.4 is 0 Å². The van der Waals surface area contributed by atoms with E-state index in [0.29, 0.717) is 5.92 Å². The molecule has 3 aromatic carbocycles. The molecule has 5 aliphatic rings. The molecule has 4 saturated carbocycles. The summed E-state index contributed by atoms with van der Waals surface area (Å²) in [6.07, 6.45) is 23.2. The molecule has 3 aromatic rings. The van der Waals surface area contributed by atoms with E-state index in [-0.39, 0.29) is 0 Å². The Morgan fingerprint density at radius 3 is 2.05 bits per heavy atom. The molecule has 0 heteroatoms. The van der Waals surface area contributed by atoms with Crippen LogP contribution in [0, 0.1) is 36.5 Å². The first-order valence-corrected chi connectivity index (χ1v) is 18.5. The molecule has 0 radical (unpaired) electrons. The van der Waals surface area contributed by atoms with Gasteiger partial charge in [-0.25, -0.2) is 0 Å². The summed E-state index contributed by atoms with van der Waals surface area (Å²) in [6.45, 7) is 2.35. The first kappa shape index (κ1) is 28.2. The lowest BCUT2D eigenvalue weighted by molar-refractivity contribution is 0.0675. The van der Waals surface area contributed by atoms with Crippen molar-refractivity contribution in [1.29, 1.82) is 0 Å². The SMILES string of the molecule is Cc1ccc2c(c1)C(C1CCC3CCCCC3C1)C1CCCCC1C2c1ccccc1-c1ccc(C2CCCCC2)cc1. The van der Waals surface area contributed by atoms with Gasteiger partial charge in [-0.15, -0.1) is 0 Å². The highest BCUT2D eigenvalue weighted by Crippen LogP contribution is 2.60. The van der Waals surface area contributed by atoms with Gasteiger partial charge in [-0.3, -0.25) is 0 Å². The summed E-state index contributed by atoms with van der Waals surface area (Å²) in [5, 5.41) is 0. The lowest BCUT2D eigenvalue weighted by Crippen LogP contribution is -2.41. The summed E-state index contributed by atoms with van der Waals surface area (Å²) in [4.78, 5) is 0. The molecule has 0 nitrogen and oxygen atoms in total. The number of benzene rings is 3. The Balaban J connectivity index is 1.18. The van der Waals surface area contributed by atoms with Gasteiger partial charge < -0.3 is 0 Å². The van der Waals surface area contributed by atoms with Gasteiger partial charge in [-0.1, -0.05) is 130 Å². The number of aryl methyl sites for hydroxylation is 1. The van der Waals surface area contributed by atoms with E-state index in [2.05, 4.69) is 73.7 Å². The molecule has 7 atom stereocenters. The molecule has 0 bridgehead atoms. The van der Waals surface area contributed by atoms with Gasteiger partial charge in [0, 0.05) is 5.92 Å². The largest absolute Gasteiger partial charge is 0.0619 e. The monoisotopic (exact) mass is 570 g/mol. The van der Waals surface area contributed by atoms with Crippen molar-refractivity contribution in [2.24, 2.45) is 29.6 Å². The normalized spacial score (nSPS) is 32.8. The van der Waals surface area contributed by atoms with Crippen molar-refractivity contribution in [2.75, 3.05) is 0 Å². The molecule has 0 heterocycles. The number of fused-ring (bicyclic) bond motifs is 3. The maximum Gasteiger partial charge on any atom is 0.0129 e.